The van der Waals surface area contributed by atoms with Crippen molar-refractivity contribution in [3.05, 3.63) is 64.4 Å². The second-order valence-electron chi connectivity index (χ2n) is 7.58. The Bertz CT molecular complexity index is 1070. The summed E-state index contributed by atoms with van der Waals surface area (Å²) in [6.45, 7) is 7.63. The first kappa shape index (κ1) is 21.9. The minimum absolute atomic E-state index is 0.00254. The van der Waals surface area contributed by atoms with Crippen LogP contribution >= 0.6 is 12.2 Å². The van der Waals surface area contributed by atoms with Gasteiger partial charge in [0, 0.05) is 12.1 Å². The molecule has 0 aliphatic carbocycles. The van der Waals surface area contributed by atoms with E-state index in [0.29, 0.717) is 24.5 Å². The molecule has 1 heterocycles. The van der Waals surface area contributed by atoms with E-state index in [1.807, 2.05) is 53.8 Å². The number of carbonyl (C=O) groups excluding carboxylic acids is 1. The van der Waals surface area contributed by atoms with Crippen LogP contribution in [0.3, 0.4) is 0 Å². The molecule has 0 spiro atoms. The summed E-state index contributed by atoms with van der Waals surface area (Å²) in [5, 5.41) is 7.72. The maximum absolute atomic E-state index is 12.1. The van der Waals surface area contributed by atoms with E-state index in [2.05, 4.69) is 37.4 Å². The van der Waals surface area contributed by atoms with Gasteiger partial charge in [-0.1, -0.05) is 43.3 Å². The number of hydrogen-bond acceptors (Lipinski definition) is 4. The lowest BCUT2D eigenvalue weighted by Crippen LogP contribution is -2.36. The zero-order valence-corrected chi connectivity index (χ0v) is 18.9. The lowest BCUT2D eigenvalue weighted by atomic mass is 10.1. The minimum Gasteiger partial charge on any atom is -0.355 e. The van der Waals surface area contributed by atoms with E-state index in [1.165, 1.54) is 11.1 Å². The largest absolute Gasteiger partial charge is 0.355 e. The van der Waals surface area contributed by atoms with Crippen LogP contribution in [0, 0.1) is 18.6 Å². The molecule has 0 aliphatic rings. The molecule has 0 atom stereocenters. The van der Waals surface area contributed by atoms with Crippen LogP contribution in [0.4, 0.5) is 0 Å². The monoisotopic (exact) mass is 423 g/mol. The Morgan fingerprint density at radius 2 is 1.87 bits per heavy atom. The molecule has 30 heavy (non-hydrogen) atoms. The van der Waals surface area contributed by atoms with Gasteiger partial charge in [0.05, 0.1) is 18.9 Å². The number of hydrogen-bond donors (Lipinski definition) is 1. The number of nitrogens with zero attached hydrogens (tertiary/aromatic N) is 4. The lowest BCUT2D eigenvalue weighted by Gasteiger charge is -2.15. The molecule has 0 bridgehead atoms. The third-order valence-corrected chi connectivity index (χ3v) is 5.37. The molecular weight excluding hydrogens is 394 g/mol. The van der Waals surface area contributed by atoms with Crippen LogP contribution in [0.25, 0.3) is 17.1 Å². The molecule has 1 N–H and O–H groups in total. The summed E-state index contributed by atoms with van der Waals surface area (Å²) < 4.78 is 4.38. The average Bonchev–Trinajstić information content (AvgIpc) is 3.05. The van der Waals surface area contributed by atoms with Crippen molar-refractivity contribution in [1.82, 2.24) is 24.6 Å². The van der Waals surface area contributed by atoms with Gasteiger partial charge < -0.3 is 5.32 Å². The average molecular weight is 424 g/mol. The van der Waals surface area contributed by atoms with Crippen molar-refractivity contribution in [3.8, 4) is 17.1 Å². The highest BCUT2D eigenvalue weighted by molar-refractivity contribution is 7.71. The summed E-state index contributed by atoms with van der Waals surface area (Å²) in [6.07, 6.45) is 0.918. The number of likely N-dealkylation sites (N-methyl/N-ethyl adjacent to an activating group) is 1. The number of amides is 1. The van der Waals surface area contributed by atoms with Crippen LogP contribution in [-0.4, -0.2) is 45.3 Å². The third kappa shape index (κ3) is 5.04. The van der Waals surface area contributed by atoms with Crippen molar-refractivity contribution >= 4 is 18.1 Å². The van der Waals surface area contributed by atoms with Gasteiger partial charge in [-0.3, -0.25) is 14.3 Å². The molecule has 0 saturated heterocycles. The van der Waals surface area contributed by atoms with Crippen LogP contribution in [0.1, 0.15) is 24.5 Å². The molecule has 0 saturated carbocycles. The fourth-order valence-electron chi connectivity index (χ4n) is 3.22. The molecule has 3 aromatic rings. The summed E-state index contributed by atoms with van der Waals surface area (Å²) in [5.74, 6) is 0.787. The van der Waals surface area contributed by atoms with Crippen LogP contribution < -0.4 is 5.32 Å². The van der Waals surface area contributed by atoms with Gasteiger partial charge >= 0.3 is 0 Å². The minimum atomic E-state index is 0.00254. The highest BCUT2D eigenvalue weighted by Crippen LogP contribution is 2.24. The molecule has 3 rings (SSSR count). The molecular formula is C23H29N5OS. The highest BCUT2D eigenvalue weighted by atomic mass is 32.1. The second kappa shape index (κ2) is 9.82. The van der Waals surface area contributed by atoms with E-state index >= 15 is 0 Å². The van der Waals surface area contributed by atoms with Crippen molar-refractivity contribution in [2.75, 3.05) is 20.1 Å². The number of carbonyl (C=O) groups is 1. The Kier molecular flexibility index (Phi) is 7.18. The summed E-state index contributed by atoms with van der Waals surface area (Å²) in [5.41, 5.74) is 4.41. The SMILES string of the molecule is CCCNC(=O)CN(C)Cn1nc(-c2ccccc2)n(-c2ccc(C)c(C)c2)c1=S. The van der Waals surface area contributed by atoms with Crippen molar-refractivity contribution in [2.45, 2.75) is 33.9 Å². The Hall–Kier alpha value is -2.77. The molecule has 0 unspecified atom stereocenters. The van der Waals surface area contributed by atoms with Gasteiger partial charge in [0.15, 0.2) is 5.82 Å². The van der Waals surface area contributed by atoms with Gasteiger partial charge in [0.1, 0.15) is 0 Å². The number of aromatic nitrogens is 3. The van der Waals surface area contributed by atoms with Gasteiger partial charge in [-0.05, 0) is 62.8 Å². The van der Waals surface area contributed by atoms with Crippen LogP contribution in [0.15, 0.2) is 48.5 Å². The third-order valence-electron chi connectivity index (χ3n) is 4.98. The van der Waals surface area contributed by atoms with E-state index < -0.39 is 0 Å². The summed E-state index contributed by atoms with van der Waals surface area (Å²) in [4.78, 5) is 14.0. The zero-order chi connectivity index (χ0) is 21.7. The molecule has 0 aliphatic heterocycles. The Labute approximate surface area is 183 Å². The fraction of sp³-hybridized carbons (Fsp3) is 0.348. The molecule has 1 amide bonds. The Morgan fingerprint density at radius 1 is 1.13 bits per heavy atom. The molecule has 6 nitrogen and oxygen atoms in total. The van der Waals surface area contributed by atoms with E-state index in [1.54, 1.807) is 4.68 Å². The number of rotatable bonds is 8. The normalized spacial score (nSPS) is 11.1. The van der Waals surface area contributed by atoms with Gasteiger partial charge in [-0.2, -0.15) is 0 Å². The van der Waals surface area contributed by atoms with E-state index in [0.717, 1.165) is 23.5 Å². The first-order valence-corrected chi connectivity index (χ1v) is 10.6. The summed E-state index contributed by atoms with van der Waals surface area (Å²) in [6, 6.07) is 16.3. The van der Waals surface area contributed by atoms with Crippen molar-refractivity contribution in [1.29, 1.82) is 0 Å². The zero-order valence-electron chi connectivity index (χ0n) is 18.1. The molecule has 0 radical (unpaired) electrons. The maximum atomic E-state index is 12.1. The Morgan fingerprint density at radius 3 is 2.53 bits per heavy atom. The predicted octanol–water partition coefficient (Wildman–Crippen LogP) is 4.10. The number of benzene rings is 2. The lowest BCUT2D eigenvalue weighted by molar-refractivity contribution is -0.122. The highest BCUT2D eigenvalue weighted by Gasteiger charge is 2.16. The molecule has 2 aromatic carbocycles. The van der Waals surface area contributed by atoms with E-state index in [4.69, 9.17) is 17.3 Å². The van der Waals surface area contributed by atoms with E-state index in [9.17, 15) is 4.79 Å². The molecule has 158 valence electrons. The van der Waals surface area contributed by atoms with Crippen molar-refractivity contribution in [3.63, 3.8) is 0 Å². The molecule has 1 aromatic heterocycles. The van der Waals surface area contributed by atoms with Gasteiger partial charge in [-0.25, -0.2) is 4.68 Å². The van der Waals surface area contributed by atoms with E-state index in [-0.39, 0.29) is 5.91 Å². The summed E-state index contributed by atoms with van der Waals surface area (Å²) in [7, 11) is 1.89. The van der Waals surface area contributed by atoms with Gasteiger partial charge in [0.25, 0.3) is 0 Å². The first-order chi connectivity index (χ1) is 14.4. The first-order valence-electron chi connectivity index (χ1n) is 10.2. The van der Waals surface area contributed by atoms with Crippen molar-refractivity contribution < 1.29 is 4.79 Å². The predicted molar refractivity (Wildman–Crippen MR) is 123 cm³/mol. The Balaban J connectivity index is 1.98. The molecule has 7 heteroatoms. The van der Waals surface area contributed by atoms with Crippen LogP contribution in [-0.2, 0) is 11.5 Å². The van der Waals surface area contributed by atoms with Crippen LogP contribution in [0.2, 0.25) is 0 Å². The van der Waals surface area contributed by atoms with Crippen molar-refractivity contribution in [2.24, 2.45) is 0 Å². The standard InChI is InChI=1S/C23H29N5OS/c1-5-13-24-21(29)15-26(4)16-27-23(30)28(20-12-11-17(2)18(3)14-20)22(25-27)19-9-7-6-8-10-19/h6-12,14H,5,13,15-16H2,1-4H3,(H,24,29). The number of aryl methyl sites for hydroxylation is 2. The van der Waals surface area contributed by atoms with Gasteiger partial charge in [0.2, 0.25) is 10.7 Å². The summed E-state index contributed by atoms with van der Waals surface area (Å²) >= 11 is 5.81. The second-order valence-corrected chi connectivity index (χ2v) is 7.95. The quantitative estimate of drug-likeness (QED) is 0.554. The smallest absolute Gasteiger partial charge is 0.234 e. The van der Waals surface area contributed by atoms with Crippen LogP contribution in [0.5, 0.6) is 0 Å². The number of nitrogens with one attached hydrogen (secondary N) is 1. The topological polar surface area (TPSA) is 55.1 Å². The fourth-order valence-corrected chi connectivity index (χ4v) is 3.51. The maximum Gasteiger partial charge on any atom is 0.234 e. The van der Waals surface area contributed by atoms with Gasteiger partial charge in [-0.15, -0.1) is 5.10 Å². The molecule has 0 fully saturated rings.